The van der Waals surface area contributed by atoms with Gasteiger partial charge in [0, 0.05) is 18.3 Å². The van der Waals surface area contributed by atoms with Crippen LogP contribution in [0, 0.1) is 0 Å². The molecule has 0 spiro atoms. The van der Waals surface area contributed by atoms with E-state index in [1.165, 1.54) is 13.3 Å². The van der Waals surface area contributed by atoms with Gasteiger partial charge in [-0.1, -0.05) is 30.3 Å². The molecule has 0 fully saturated rings. The van der Waals surface area contributed by atoms with Crippen LogP contribution in [0.25, 0.3) is 0 Å². The van der Waals surface area contributed by atoms with Crippen LogP contribution in [0.3, 0.4) is 0 Å². The van der Waals surface area contributed by atoms with E-state index in [1.807, 2.05) is 30.3 Å². The molecule has 0 aliphatic heterocycles. The zero-order chi connectivity index (χ0) is 24.0. The summed E-state index contributed by atoms with van der Waals surface area (Å²) in [5.74, 6) is -3.14. The Morgan fingerprint density at radius 2 is 1.45 bits per heavy atom. The summed E-state index contributed by atoms with van der Waals surface area (Å²) in [5, 5.41) is 33.5. The first kappa shape index (κ1) is 27.7. The van der Waals surface area contributed by atoms with Crippen LogP contribution in [-0.4, -0.2) is 72.5 Å². The number of imidazole rings is 1. The number of H-pyrrole nitrogens is 1. The average molecular weight is 439 g/mol. The highest BCUT2D eigenvalue weighted by atomic mass is 16.4. The first-order valence-electron chi connectivity index (χ1n) is 9.10. The summed E-state index contributed by atoms with van der Waals surface area (Å²) in [6.07, 6.45) is 2.74. The number of carboxylic acid groups (broad SMARTS) is 3. The molecule has 1 heterocycles. The molecule has 2 aromatic rings. The van der Waals surface area contributed by atoms with Crippen molar-refractivity contribution in [2.24, 2.45) is 17.2 Å². The second kappa shape index (κ2) is 14.6. The number of nitrogens with one attached hydrogen (secondary N) is 1. The number of benzene rings is 1. The standard InChI is InChI=1S/C9H11NO2.C6H9N3O2.C4H9NO3/c10-8(9(11)12)6-7-4-2-1-3-5-7;7-5(6(10)11)1-4-2-8-3-9-4;1-2(6)3(5)4(7)8/h1-5,8H,6,10H2,(H,11,12);2-3,5H,1,7H2,(H,8,9)(H,10,11);2-3,6H,5H2,1H3,(H,7,8)/t8-;5-;2-,3+/m001/s1. The number of aromatic amines is 1. The van der Waals surface area contributed by atoms with Crippen molar-refractivity contribution >= 4 is 17.9 Å². The van der Waals surface area contributed by atoms with Gasteiger partial charge in [0.25, 0.3) is 0 Å². The van der Waals surface area contributed by atoms with E-state index in [-0.39, 0.29) is 6.42 Å². The van der Waals surface area contributed by atoms with Crippen molar-refractivity contribution in [1.82, 2.24) is 9.97 Å². The first-order valence-corrected chi connectivity index (χ1v) is 9.10. The lowest BCUT2D eigenvalue weighted by Crippen LogP contribution is -2.39. The van der Waals surface area contributed by atoms with Gasteiger partial charge in [-0.25, -0.2) is 4.98 Å². The minimum Gasteiger partial charge on any atom is -0.480 e. The predicted molar refractivity (Wildman–Crippen MR) is 111 cm³/mol. The van der Waals surface area contributed by atoms with Gasteiger partial charge in [0.15, 0.2) is 0 Å². The Kier molecular flexibility index (Phi) is 13.1. The second-order valence-electron chi connectivity index (χ2n) is 6.46. The maximum atomic E-state index is 10.4. The van der Waals surface area contributed by atoms with Crippen molar-refractivity contribution in [2.75, 3.05) is 0 Å². The zero-order valence-corrected chi connectivity index (χ0v) is 17.0. The quantitative estimate of drug-likeness (QED) is 0.242. The van der Waals surface area contributed by atoms with Crippen molar-refractivity contribution < 1.29 is 34.8 Å². The number of aromatic nitrogens is 2. The molecule has 0 unspecified atom stereocenters. The van der Waals surface area contributed by atoms with Gasteiger partial charge in [-0.3, -0.25) is 14.4 Å². The molecule has 1 aromatic heterocycles. The highest BCUT2D eigenvalue weighted by molar-refractivity contribution is 5.74. The summed E-state index contributed by atoms with van der Waals surface area (Å²) in [6.45, 7) is 1.33. The fraction of sp³-hybridized carbons (Fsp3) is 0.368. The molecule has 31 heavy (non-hydrogen) atoms. The fourth-order valence-corrected chi connectivity index (χ4v) is 1.88. The molecular weight excluding hydrogens is 410 g/mol. The number of nitrogens with zero attached hydrogens (tertiary/aromatic N) is 1. The van der Waals surface area contributed by atoms with Gasteiger partial charge in [-0.2, -0.15) is 0 Å². The molecule has 4 atom stereocenters. The number of rotatable bonds is 8. The lowest BCUT2D eigenvalue weighted by molar-refractivity contribution is -0.141. The average Bonchev–Trinajstić information content (AvgIpc) is 3.21. The molecule has 0 saturated carbocycles. The first-order chi connectivity index (χ1) is 14.5. The van der Waals surface area contributed by atoms with Gasteiger partial charge in [0.05, 0.1) is 12.4 Å². The van der Waals surface area contributed by atoms with Crippen LogP contribution >= 0.6 is 0 Å². The number of carbonyl (C=O) groups is 3. The van der Waals surface area contributed by atoms with E-state index in [9.17, 15) is 14.4 Å². The van der Waals surface area contributed by atoms with Crippen LogP contribution in [-0.2, 0) is 27.2 Å². The summed E-state index contributed by atoms with van der Waals surface area (Å²) >= 11 is 0. The summed E-state index contributed by atoms with van der Waals surface area (Å²) < 4.78 is 0. The molecule has 172 valence electrons. The van der Waals surface area contributed by atoms with Gasteiger partial charge in [0.2, 0.25) is 0 Å². The van der Waals surface area contributed by atoms with Crippen LogP contribution in [0.4, 0.5) is 0 Å². The van der Waals surface area contributed by atoms with E-state index >= 15 is 0 Å². The lowest BCUT2D eigenvalue weighted by atomic mass is 10.1. The molecule has 2 rings (SSSR count). The van der Waals surface area contributed by atoms with Crippen molar-refractivity contribution in [2.45, 2.75) is 44.0 Å². The molecule has 0 aliphatic carbocycles. The van der Waals surface area contributed by atoms with Gasteiger partial charge in [-0.05, 0) is 18.9 Å². The predicted octanol–water partition coefficient (Wildman–Crippen LogP) is -1.22. The summed E-state index contributed by atoms with van der Waals surface area (Å²) in [5.41, 5.74) is 17.2. The van der Waals surface area contributed by atoms with Crippen LogP contribution in [0.2, 0.25) is 0 Å². The number of nitrogens with two attached hydrogens (primary N) is 3. The molecule has 12 nitrogen and oxygen atoms in total. The van der Waals surface area contributed by atoms with Crippen molar-refractivity contribution in [3.63, 3.8) is 0 Å². The molecular formula is C19H29N5O7. The topological polar surface area (TPSA) is 239 Å². The Morgan fingerprint density at radius 3 is 1.81 bits per heavy atom. The largest absolute Gasteiger partial charge is 0.480 e. The maximum Gasteiger partial charge on any atom is 0.323 e. The number of aliphatic hydroxyl groups excluding tert-OH is 1. The van der Waals surface area contributed by atoms with E-state index in [2.05, 4.69) is 9.97 Å². The molecule has 0 amide bonds. The third-order valence-corrected chi connectivity index (χ3v) is 3.73. The summed E-state index contributed by atoms with van der Waals surface area (Å²) in [7, 11) is 0. The smallest absolute Gasteiger partial charge is 0.323 e. The number of carboxylic acids is 3. The highest BCUT2D eigenvalue weighted by Gasteiger charge is 2.16. The normalized spacial score (nSPS) is 13.8. The third-order valence-electron chi connectivity index (χ3n) is 3.73. The Bertz CT molecular complexity index is 784. The molecule has 0 saturated heterocycles. The fourth-order valence-electron chi connectivity index (χ4n) is 1.88. The van der Waals surface area contributed by atoms with Gasteiger partial charge >= 0.3 is 17.9 Å². The van der Waals surface area contributed by atoms with E-state index in [0.717, 1.165) is 11.3 Å². The Balaban J connectivity index is 0.000000446. The van der Waals surface area contributed by atoms with Crippen LogP contribution < -0.4 is 17.2 Å². The molecule has 1 aromatic carbocycles. The van der Waals surface area contributed by atoms with Crippen LogP contribution in [0.15, 0.2) is 42.9 Å². The van der Waals surface area contributed by atoms with E-state index in [1.54, 1.807) is 6.20 Å². The van der Waals surface area contributed by atoms with E-state index in [4.69, 9.17) is 37.6 Å². The monoisotopic (exact) mass is 439 g/mol. The van der Waals surface area contributed by atoms with Gasteiger partial charge < -0.3 is 42.6 Å². The van der Waals surface area contributed by atoms with E-state index < -0.39 is 42.1 Å². The number of aliphatic carboxylic acids is 3. The highest BCUT2D eigenvalue weighted by Crippen LogP contribution is 2.01. The number of aliphatic hydroxyl groups is 1. The van der Waals surface area contributed by atoms with Gasteiger partial charge in [-0.15, -0.1) is 0 Å². The Labute approximate surface area is 178 Å². The van der Waals surface area contributed by atoms with Crippen molar-refractivity contribution in [3.8, 4) is 0 Å². The Morgan fingerprint density at radius 1 is 0.935 bits per heavy atom. The summed E-state index contributed by atoms with van der Waals surface area (Å²) in [6, 6.07) is 6.53. The summed E-state index contributed by atoms with van der Waals surface area (Å²) in [4.78, 5) is 37.0. The zero-order valence-electron chi connectivity index (χ0n) is 17.0. The minimum absolute atomic E-state index is 0.287. The molecule has 11 N–H and O–H groups in total. The number of hydrogen-bond donors (Lipinski definition) is 8. The van der Waals surface area contributed by atoms with Crippen molar-refractivity contribution in [1.29, 1.82) is 0 Å². The minimum atomic E-state index is -1.18. The maximum absolute atomic E-state index is 10.4. The second-order valence-corrected chi connectivity index (χ2v) is 6.46. The third kappa shape index (κ3) is 12.8. The van der Waals surface area contributed by atoms with Crippen molar-refractivity contribution in [3.05, 3.63) is 54.1 Å². The lowest BCUT2D eigenvalue weighted by Gasteiger charge is -2.06. The van der Waals surface area contributed by atoms with Crippen LogP contribution in [0.1, 0.15) is 18.2 Å². The molecule has 0 aliphatic rings. The SMILES string of the molecule is C[C@@H](O)[C@H](N)C(=O)O.N[C@@H](Cc1ccccc1)C(=O)O.N[C@@H](Cc1cnc[nH]1)C(=O)O. The molecule has 12 heteroatoms. The van der Waals surface area contributed by atoms with E-state index in [0.29, 0.717) is 6.42 Å². The molecule has 0 radical (unpaired) electrons. The number of hydrogen-bond acceptors (Lipinski definition) is 8. The molecule has 0 bridgehead atoms. The van der Waals surface area contributed by atoms with Crippen LogP contribution in [0.5, 0.6) is 0 Å². The van der Waals surface area contributed by atoms with Gasteiger partial charge in [0.1, 0.15) is 18.1 Å². The Hall–Kier alpha value is -3.32.